The molecule has 1 fully saturated rings. The molecule has 3 N–H and O–H groups in total. The molecule has 0 saturated carbocycles. The quantitative estimate of drug-likeness (QED) is 0.641. The Morgan fingerprint density at radius 2 is 1.60 bits per heavy atom. The molecule has 3 amide bonds. The van der Waals surface area contributed by atoms with E-state index in [1.807, 2.05) is 0 Å². The summed E-state index contributed by atoms with van der Waals surface area (Å²) in [7, 11) is -3.36. The lowest BCUT2D eigenvalue weighted by Gasteiger charge is -2.19. The first-order valence-electron chi connectivity index (χ1n) is 9.27. The van der Waals surface area contributed by atoms with Crippen LogP contribution in [0.1, 0.15) is 18.9 Å². The van der Waals surface area contributed by atoms with Gasteiger partial charge in [-0.3, -0.25) is 18.7 Å². The van der Waals surface area contributed by atoms with Crippen LogP contribution in [0, 0.1) is 6.92 Å². The van der Waals surface area contributed by atoms with Crippen molar-refractivity contribution in [1.29, 1.82) is 0 Å². The molecule has 158 valence electrons. The number of rotatable bonds is 4. The minimum atomic E-state index is -3.36. The van der Waals surface area contributed by atoms with Crippen molar-refractivity contribution in [2.75, 3.05) is 32.6 Å². The van der Waals surface area contributed by atoms with E-state index in [0.29, 0.717) is 41.3 Å². The van der Waals surface area contributed by atoms with Crippen LogP contribution in [0.4, 0.5) is 22.7 Å². The van der Waals surface area contributed by atoms with Crippen LogP contribution in [0.25, 0.3) is 0 Å². The van der Waals surface area contributed by atoms with E-state index in [9.17, 15) is 22.8 Å². The van der Waals surface area contributed by atoms with Crippen molar-refractivity contribution < 1.29 is 22.8 Å². The number of amides is 3. The molecule has 0 atom stereocenters. The molecular weight excluding hydrogens is 408 g/mol. The minimum Gasteiger partial charge on any atom is -0.326 e. The predicted molar refractivity (Wildman–Crippen MR) is 115 cm³/mol. The van der Waals surface area contributed by atoms with Crippen LogP contribution < -0.4 is 20.3 Å². The molecule has 1 aliphatic rings. The van der Waals surface area contributed by atoms with E-state index in [2.05, 4.69) is 16.0 Å². The number of hydrogen-bond acceptors (Lipinski definition) is 5. The van der Waals surface area contributed by atoms with Gasteiger partial charge in [-0.1, -0.05) is 12.1 Å². The maximum absolute atomic E-state index is 12.4. The number of carbonyl (C=O) groups is 3. The number of nitrogens with zero attached hydrogens (tertiary/aromatic N) is 1. The summed E-state index contributed by atoms with van der Waals surface area (Å²) in [5.41, 5.74) is 2.30. The van der Waals surface area contributed by atoms with Crippen molar-refractivity contribution in [3.05, 3.63) is 48.0 Å². The molecule has 2 aromatic rings. The molecule has 0 spiro atoms. The van der Waals surface area contributed by atoms with Crippen LogP contribution in [0.15, 0.2) is 42.5 Å². The maximum Gasteiger partial charge on any atom is 0.314 e. The summed E-state index contributed by atoms with van der Waals surface area (Å²) in [6, 6.07) is 11.3. The molecular formula is C20H22N4O5S. The Kier molecular flexibility index (Phi) is 6.06. The number of hydrogen-bond donors (Lipinski definition) is 3. The molecule has 1 aliphatic heterocycles. The number of aryl methyl sites for hydroxylation is 1. The van der Waals surface area contributed by atoms with Crippen molar-refractivity contribution in [1.82, 2.24) is 0 Å². The summed E-state index contributed by atoms with van der Waals surface area (Å²) in [5, 5.41) is 7.59. The highest BCUT2D eigenvalue weighted by Crippen LogP contribution is 2.28. The third-order valence-corrected chi connectivity index (χ3v) is 6.37. The Bertz CT molecular complexity index is 1110. The molecule has 30 heavy (non-hydrogen) atoms. The Morgan fingerprint density at radius 1 is 0.933 bits per heavy atom. The average Bonchev–Trinajstić information content (AvgIpc) is 3.02. The Labute approximate surface area is 174 Å². The molecule has 3 rings (SSSR count). The van der Waals surface area contributed by atoms with Gasteiger partial charge in [0.15, 0.2) is 0 Å². The van der Waals surface area contributed by atoms with Crippen LogP contribution in [0.2, 0.25) is 0 Å². The first-order valence-corrected chi connectivity index (χ1v) is 10.9. The topological polar surface area (TPSA) is 125 Å². The Morgan fingerprint density at radius 3 is 2.23 bits per heavy atom. The molecule has 10 heteroatoms. The van der Waals surface area contributed by atoms with E-state index < -0.39 is 21.8 Å². The zero-order valence-electron chi connectivity index (χ0n) is 16.6. The molecule has 2 aromatic carbocycles. The lowest BCUT2D eigenvalue weighted by atomic mass is 10.1. The molecule has 0 radical (unpaired) electrons. The Hall–Kier alpha value is -3.40. The molecule has 0 aliphatic carbocycles. The van der Waals surface area contributed by atoms with Gasteiger partial charge >= 0.3 is 11.8 Å². The van der Waals surface area contributed by atoms with E-state index in [0.717, 1.165) is 0 Å². The number of anilines is 4. The fourth-order valence-electron chi connectivity index (χ4n) is 3.07. The summed E-state index contributed by atoms with van der Waals surface area (Å²) in [5.74, 6) is -1.97. The summed E-state index contributed by atoms with van der Waals surface area (Å²) in [4.78, 5) is 35.8. The van der Waals surface area contributed by atoms with E-state index >= 15 is 0 Å². The highest BCUT2D eigenvalue weighted by Gasteiger charge is 2.29. The van der Waals surface area contributed by atoms with Crippen molar-refractivity contribution in [2.24, 2.45) is 0 Å². The van der Waals surface area contributed by atoms with Gasteiger partial charge in [0, 0.05) is 30.5 Å². The predicted octanol–water partition coefficient (Wildman–Crippen LogP) is 2.07. The highest BCUT2D eigenvalue weighted by atomic mass is 32.2. The zero-order chi connectivity index (χ0) is 21.9. The summed E-state index contributed by atoms with van der Waals surface area (Å²) >= 11 is 0. The van der Waals surface area contributed by atoms with Crippen molar-refractivity contribution in [3.63, 3.8) is 0 Å². The molecule has 1 saturated heterocycles. The van der Waals surface area contributed by atoms with Gasteiger partial charge in [0.1, 0.15) is 0 Å². The third kappa shape index (κ3) is 4.95. The highest BCUT2D eigenvalue weighted by molar-refractivity contribution is 7.93. The van der Waals surface area contributed by atoms with Gasteiger partial charge in [-0.15, -0.1) is 0 Å². The molecule has 0 unspecified atom stereocenters. The van der Waals surface area contributed by atoms with E-state index in [4.69, 9.17) is 0 Å². The first-order chi connectivity index (χ1) is 14.2. The fraction of sp³-hybridized carbons (Fsp3) is 0.250. The van der Waals surface area contributed by atoms with Gasteiger partial charge < -0.3 is 16.0 Å². The molecule has 0 bridgehead atoms. The standard InChI is InChI=1S/C20H22N4O5S/c1-13-7-8-17(24-9-4-10-30(24,28)29)12-18(13)23-20(27)19(26)22-16-6-3-5-15(11-16)21-14(2)25/h3,5-8,11-12H,4,9-10H2,1-2H3,(H,21,25)(H,22,26)(H,23,27). The van der Waals surface area contributed by atoms with Crippen molar-refractivity contribution in [2.45, 2.75) is 20.3 Å². The summed E-state index contributed by atoms with van der Waals surface area (Å²) in [6.45, 7) is 3.49. The number of sulfonamides is 1. The van der Waals surface area contributed by atoms with Crippen LogP contribution in [0.5, 0.6) is 0 Å². The second-order valence-corrected chi connectivity index (χ2v) is 8.92. The maximum atomic E-state index is 12.4. The third-order valence-electron chi connectivity index (χ3n) is 4.50. The van der Waals surface area contributed by atoms with Gasteiger partial charge in [-0.25, -0.2) is 8.42 Å². The smallest absolute Gasteiger partial charge is 0.314 e. The normalized spacial score (nSPS) is 14.8. The zero-order valence-corrected chi connectivity index (χ0v) is 17.4. The second-order valence-electron chi connectivity index (χ2n) is 6.91. The lowest BCUT2D eigenvalue weighted by molar-refractivity contribution is -0.133. The SMILES string of the molecule is CC(=O)Nc1cccc(NC(=O)C(=O)Nc2cc(N3CCCS3(=O)=O)ccc2C)c1. The fourth-order valence-corrected chi connectivity index (χ4v) is 4.63. The lowest BCUT2D eigenvalue weighted by Crippen LogP contribution is -2.30. The Balaban J connectivity index is 1.72. The van der Waals surface area contributed by atoms with Gasteiger partial charge in [0.05, 0.1) is 11.4 Å². The van der Waals surface area contributed by atoms with Gasteiger partial charge in [-0.05, 0) is 49.2 Å². The number of benzene rings is 2. The van der Waals surface area contributed by atoms with Crippen LogP contribution in [0.3, 0.4) is 0 Å². The first kappa shape index (κ1) is 21.3. The van der Waals surface area contributed by atoms with E-state index in [1.165, 1.54) is 17.3 Å². The number of carbonyl (C=O) groups excluding carboxylic acids is 3. The van der Waals surface area contributed by atoms with Crippen molar-refractivity contribution >= 4 is 50.5 Å². The molecule has 9 nitrogen and oxygen atoms in total. The van der Waals surface area contributed by atoms with E-state index in [-0.39, 0.29) is 11.7 Å². The second kappa shape index (κ2) is 8.54. The van der Waals surface area contributed by atoms with Gasteiger partial charge in [0.25, 0.3) is 0 Å². The number of nitrogens with one attached hydrogen (secondary N) is 3. The summed E-state index contributed by atoms with van der Waals surface area (Å²) < 4.78 is 25.6. The molecule has 0 aromatic heterocycles. The molecule has 1 heterocycles. The van der Waals surface area contributed by atoms with Crippen LogP contribution in [-0.4, -0.2) is 38.4 Å². The average molecular weight is 430 g/mol. The minimum absolute atomic E-state index is 0.0858. The van der Waals surface area contributed by atoms with Gasteiger partial charge in [-0.2, -0.15) is 0 Å². The summed E-state index contributed by atoms with van der Waals surface area (Å²) in [6.07, 6.45) is 0.540. The largest absolute Gasteiger partial charge is 0.326 e. The van der Waals surface area contributed by atoms with E-state index in [1.54, 1.807) is 43.3 Å². The van der Waals surface area contributed by atoms with Crippen LogP contribution >= 0.6 is 0 Å². The van der Waals surface area contributed by atoms with Crippen LogP contribution in [-0.2, 0) is 24.4 Å². The van der Waals surface area contributed by atoms with Gasteiger partial charge in [0.2, 0.25) is 15.9 Å². The van der Waals surface area contributed by atoms with Crippen molar-refractivity contribution in [3.8, 4) is 0 Å². The monoisotopic (exact) mass is 430 g/mol.